The average molecular weight is 295 g/mol. The number of benzene rings is 1. The number of nitrogens with zero attached hydrogens (tertiary/aromatic N) is 2. The lowest BCUT2D eigenvalue weighted by Crippen LogP contribution is -2.31. The molecular formula is C13H15ClN4O2. The van der Waals surface area contributed by atoms with Gasteiger partial charge in [0.05, 0.1) is 18.4 Å². The Balaban J connectivity index is 1.83. The minimum atomic E-state index is -0.222. The maximum absolute atomic E-state index is 12.0. The number of nitrogen functional groups attached to an aromatic ring is 1. The van der Waals surface area contributed by atoms with Crippen LogP contribution in [0.15, 0.2) is 30.5 Å². The summed E-state index contributed by atoms with van der Waals surface area (Å²) in [5.74, 6) is 0.482. The number of rotatable bonds is 5. The van der Waals surface area contributed by atoms with E-state index in [9.17, 15) is 4.79 Å². The summed E-state index contributed by atoms with van der Waals surface area (Å²) in [5.41, 5.74) is 6.25. The topological polar surface area (TPSA) is 84.2 Å². The first-order valence-corrected chi connectivity index (χ1v) is 6.38. The van der Waals surface area contributed by atoms with E-state index in [2.05, 4.69) is 10.2 Å². The number of aromatic nitrogens is 2. The van der Waals surface area contributed by atoms with Crippen molar-refractivity contribution in [1.29, 1.82) is 0 Å². The average Bonchev–Trinajstić information content (AvgIpc) is 2.86. The Morgan fingerprint density at radius 2 is 2.15 bits per heavy atom. The number of nitrogens with one attached hydrogen (secondary N) is 1. The predicted molar refractivity (Wildman–Crippen MR) is 76.9 cm³/mol. The van der Waals surface area contributed by atoms with Gasteiger partial charge < -0.3 is 15.4 Å². The Morgan fingerprint density at radius 3 is 2.75 bits per heavy atom. The Hall–Kier alpha value is -2.21. The third kappa shape index (κ3) is 3.42. The van der Waals surface area contributed by atoms with Crippen molar-refractivity contribution in [3.05, 3.63) is 41.2 Å². The Bertz CT molecular complexity index is 582. The number of carbonyl (C=O) groups excluding carboxylic acids is 1. The molecular weight excluding hydrogens is 280 g/mol. The molecule has 0 bridgehead atoms. The highest BCUT2D eigenvalue weighted by atomic mass is 35.5. The third-order valence-electron chi connectivity index (χ3n) is 2.74. The second-order valence-corrected chi connectivity index (χ2v) is 4.67. The van der Waals surface area contributed by atoms with Crippen LogP contribution in [0.25, 0.3) is 0 Å². The molecule has 0 aliphatic rings. The van der Waals surface area contributed by atoms with E-state index >= 15 is 0 Å². The van der Waals surface area contributed by atoms with E-state index in [1.165, 1.54) is 11.1 Å². The van der Waals surface area contributed by atoms with E-state index in [0.717, 1.165) is 0 Å². The Morgan fingerprint density at radius 1 is 1.45 bits per heavy atom. The zero-order valence-corrected chi connectivity index (χ0v) is 11.7. The van der Waals surface area contributed by atoms with E-state index in [1.54, 1.807) is 31.3 Å². The van der Waals surface area contributed by atoms with Gasteiger partial charge in [-0.05, 0) is 24.3 Å². The van der Waals surface area contributed by atoms with Crippen LogP contribution in [0.1, 0.15) is 10.5 Å². The van der Waals surface area contributed by atoms with Crippen molar-refractivity contribution in [1.82, 2.24) is 15.1 Å². The molecule has 0 saturated heterocycles. The normalized spacial score (nSPS) is 10.3. The van der Waals surface area contributed by atoms with Gasteiger partial charge in [-0.1, -0.05) is 11.6 Å². The molecule has 0 saturated carbocycles. The van der Waals surface area contributed by atoms with Crippen LogP contribution in [-0.4, -0.2) is 41.2 Å². The number of ether oxygens (including phenoxy) is 1. The zero-order chi connectivity index (χ0) is 14.5. The molecule has 0 aliphatic carbocycles. The molecule has 6 nitrogen and oxygen atoms in total. The summed E-state index contributed by atoms with van der Waals surface area (Å²) in [4.78, 5) is 13.5. The molecule has 0 spiro atoms. The molecule has 106 valence electrons. The minimum absolute atomic E-state index is 0.222. The molecule has 0 radical (unpaired) electrons. The van der Waals surface area contributed by atoms with Crippen LogP contribution < -0.4 is 10.5 Å². The molecule has 0 atom stereocenters. The molecule has 0 unspecified atom stereocenters. The number of halogens is 1. The lowest BCUT2D eigenvalue weighted by atomic mass is 10.3. The second-order valence-electron chi connectivity index (χ2n) is 4.23. The molecule has 20 heavy (non-hydrogen) atoms. The van der Waals surface area contributed by atoms with Gasteiger partial charge >= 0.3 is 0 Å². The maximum Gasteiger partial charge on any atom is 0.273 e. The quantitative estimate of drug-likeness (QED) is 0.880. The SMILES string of the molecule is CN(CCOc1ccc(Cl)cc1)C(=O)c1[nH]ncc1N. The van der Waals surface area contributed by atoms with Gasteiger partial charge in [0, 0.05) is 12.1 Å². The summed E-state index contributed by atoms with van der Waals surface area (Å²) in [6.45, 7) is 0.803. The zero-order valence-electron chi connectivity index (χ0n) is 11.0. The lowest BCUT2D eigenvalue weighted by molar-refractivity contribution is 0.0769. The van der Waals surface area contributed by atoms with Crippen LogP contribution in [-0.2, 0) is 0 Å². The fourth-order valence-corrected chi connectivity index (χ4v) is 1.72. The summed E-state index contributed by atoms with van der Waals surface area (Å²) in [6, 6.07) is 7.04. The number of anilines is 1. The number of carbonyl (C=O) groups is 1. The van der Waals surface area contributed by atoms with Crippen LogP contribution in [0, 0.1) is 0 Å². The standard InChI is InChI=1S/C13H15ClN4O2/c1-18(13(19)12-11(15)8-16-17-12)6-7-20-10-4-2-9(14)3-5-10/h2-5,8H,6-7,15H2,1H3,(H,16,17). The van der Waals surface area contributed by atoms with Crippen molar-refractivity contribution in [2.24, 2.45) is 0 Å². The second kappa shape index (κ2) is 6.29. The van der Waals surface area contributed by atoms with Crippen molar-refractivity contribution in [2.75, 3.05) is 25.9 Å². The van der Waals surface area contributed by atoms with Crippen LogP contribution >= 0.6 is 11.6 Å². The van der Waals surface area contributed by atoms with Gasteiger partial charge in [0.25, 0.3) is 5.91 Å². The molecule has 2 aromatic rings. The number of likely N-dealkylation sites (N-methyl/N-ethyl adjacent to an activating group) is 1. The molecule has 0 aliphatic heterocycles. The first-order chi connectivity index (χ1) is 9.58. The van der Waals surface area contributed by atoms with Crippen molar-refractivity contribution < 1.29 is 9.53 Å². The number of H-pyrrole nitrogens is 1. The third-order valence-corrected chi connectivity index (χ3v) is 2.99. The summed E-state index contributed by atoms with van der Waals surface area (Å²) in [6.07, 6.45) is 1.41. The monoisotopic (exact) mass is 294 g/mol. The Kier molecular flexibility index (Phi) is 4.47. The highest BCUT2D eigenvalue weighted by molar-refractivity contribution is 6.30. The molecule has 3 N–H and O–H groups in total. The smallest absolute Gasteiger partial charge is 0.273 e. The number of hydrogen-bond donors (Lipinski definition) is 2. The fourth-order valence-electron chi connectivity index (χ4n) is 1.59. The van der Waals surface area contributed by atoms with Gasteiger partial charge in [-0.15, -0.1) is 0 Å². The highest BCUT2D eigenvalue weighted by Gasteiger charge is 2.16. The summed E-state index contributed by atoms with van der Waals surface area (Å²) >= 11 is 5.78. The molecule has 2 rings (SSSR count). The molecule has 0 fully saturated rings. The molecule has 1 amide bonds. The van der Waals surface area contributed by atoms with E-state index < -0.39 is 0 Å². The molecule has 7 heteroatoms. The molecule has 1 heterocycles. The lowest BCUT2D eigenvalue weighted by Gasteiger charge is -2.16. The minimum Gasteiger partial charge on any atom is -0.492 e. The van der Waals surface area contributed by atoms with Gasteiger partial charge in [0.1, 0.15) is 18.1 Å². The summed E-state index contributed by atoms with van der Waals surface area (Å²) < 4.78 is 5.52. The molecule has 1 aromatic heterocycles. The van der Waals surface area contributed by atoms with Gasteiger partial charge in [0.15, 0.2) is 0 Å². The van der Waals surface area contributed by atoms with Crippen molar-refractivity contribution in [2.45, 2.75) is 0 Å². The number of nitrogens with two attached hydrogens (primary N) is 1. The van der Waals surface area contributed by atoms with Crippen LogP contribution in [0.4, 0.5) is 5.69 Å². The number of hydrogen-bond acceptors (Lipinski definition) is 4. The summed E-state index contributed by atoms with van der Waals surface area (Å²) in [7, 11) is 1.67. The molecule has 1 aromatic carbocycles. The largest absolute Gasteiger partial charge is 0.492 e. The number of aromatic amines is 1. The van der Waals surface area contributed by atoms with Gasteiger partial charge in [-0.25, -0.2) is 0 Å². The first-order valence-electron chi connectivity index (χ1n) is 6.00. The van der Waals surface area contributed by atoms with Crippen molar-refractivity contribution >= 4 is 23.2 Å². The Labute approximate surface area is 121 Å². The van der Waals surface area contributed by atoms with E-state index in [1.807, 2.05) is 0 Å². The van der Waals surface area contributed by atoms with Crippen LogP contribution in [0.3, 0.4) is 0 Å². The predicted octanol–water partition coefficient (Wildman–Crippen LogP) is 1.80. The van der Waals surface area contributed by atoms with Crippen LogP contribution in [0.5, 0.6) is 5.75 Å². The maximum atomic E-state index is 12.0. The van der Waals surface area contributed by atoms with Gasteiger partial charge in [-0.2, -0.15) is 5.10 Å². The summed E-state index contributed by atoms with van der Waals surface area (Å²) in [5, 5.41) is 6.95. The van der Waals surface area contributed by atoms with E-state index in [0.29, 0.717) is 35.3 Å². The first kappa shape index (κ1) is 14.2. The van der Waals surface area contributed by atoms with Gasteiger partial charge in [-0.3, -0.25) is 9.89 Å². The number of amides is 1. The van der Waals surface area contributed by atoms with Crippen molar-refractivity contribution in [3.8, 4) is 5.75 Å². The van der Waals surface area contributed by atoms with E-state index in [-0.39, 0.29) is 5.91 Å². The fraction of sp³-hybridized carbons (Fsp3) is 0.231. The van der Waals surface area contributed by atoms with E-state index in [4.69, 9.17) is 22.1 Å². The van der Waals surface area contributed by atoms with Crippen LogP contribution in [0.2, 0.25) is 5.02 Å². The highest BCUT2D eigenvalue weighted by Crippen LogP contribution is 2.15. The van der Waals surface area contributed by atoms with Gasteiger partial charge in [0.2, 0.25) is 0 Å². The van der Waals surface area contributed by atoms with Crippen molar-refractivity contribution in [3.63, 3.8) is 0 Å².